The molecule has 1 amide bonds. The van der Waals surface area contributed by atoms with Gasteiger partial charge in [-0.15, -0.1) is 11.8 Å². The molecule has 2 aliphatic rings. The summed E-state index contributed by atoms with van der Waals surface area (Å²) in [5.41, 5.74) is -0.362. The van der Waals surface area contributed by atoms with Crippen molar-refractivity contribution >= 4 is 27.9 Å². The molecule has 0 aliphatic carbocycles. The molecule has 6 nitrogen and oxygen atoms in total. The van der Waals surface area contributed by atoms with E-state index in [1.165, 1.54) is 16.1 Å². The zero-order valence-electron chi connectivity index (χ0n) is 13.8. The second-order valence-corrected chi connectivity index (χ2v) is 10.1. The van der Waals surface area contributed by atoms with Gasteiger partial charge in [-0.05, 0) is 39.5 Å². The molecule has 0 aromatic heterocycles. The van der Waals surface area contributed by atoms with E-state index in [0.717, 1.165) is 12.8 Å². The third-order valence-corrected chi connectivity index (χ3v) is 7.02. The maximum atomic E-state index is 12.9. The van der Waals surface area contributed by atoms with Crippen molar-refractivity contribution in [2.75, 3.05) is 24.7 Å². The van der Waals surface area contributed by atoms with Crippen molar-refractivity contribution in [1.82, 2.24) is 13.9 Å². The van der Waals surface area contributed by atoms with Crippen LogP contribution in [0.1, 0.15) is 40.5 Å². The third kappa shape index (κ3) is 4.15. The molecule has 2 fully saturated rings. The van der Waals surface area contributed by atoms with Crippen molar-refractivity contribution < 1.29 is 13.2 Å². The summed E-state index contributed by atoms with van der Waals surface area (Å²) in [5, 5.41) is 2.90. The molecule has 2 saturated heterocycles. The Bertz CT molecular complexity index is 516. The van der Waals surface area contributed by atoms with E-state index >= 15 is 0 Å². The van der Waals surface area contributed by atoms with Crippen LogP contribution in [0.3, 0.4) is 0 Å². The minimum Gasteiger partial charge on any atom is -0.350 e. The second kappa shape index (κ2) is 6.67. The van der Waals surface area contributed by atoms with Crippen LogP contribution in [0.5, 0.6) is 0 Å². The maximum Gasteiger partial charge on any atom is 0.283 e. The average Bonchev–Trinajstić information content (AvgIpc) is 2.86. The normalized spacial score (nSPS) is 28.7. The quantitative estimate of drug-likeness (QED) is 0.833. The Balaban J connectivity index is 2.13. The van der Waals surface area contributed by atoms with Gasteiger partial charge in [0.05, 0.1) is 5.88 Å². The molecule has 0 radical (unpaired) electrons. The molecule has 0 saturated carbocycles. The molecule has 0 bridgehead atoms. The zero-order chi connectivity index (χ0) is 16.5. The van der Waals surface area contributed by atoms with Crippen LogP contribution in [0.4, 0.5) is 0 Å². The molecule has 2 aliphatic heterocycles. The Kier molecular flexibility index (Phi) is 5.46. The molecule has 128 valence electrons. The van der Waals surface area contributed by atoms with Crippen LogP contribution < -0.4 is 5.32 Å². The fourth-order valence-electron chi connectivity index (χ4n) is 2.82. The van der Waals surface area contributed by atoms with Crippen molar-refractivity contribution in [2.45, 2.75) is 52.1 Å². The van der Waals surface area contributed by atoms with E-state index < -0.39 is 16.3 Å². The van der Waals surface area contributed by atoms with Gasteiger partial charge in [-0.1, -0.05) is 6.92 Å². The highest BCUT2D eigenvalue weighted by molar-refractivity contribution is 8.00. The first-order chi connectivity index (χ1) is 10.1. The molecule has 0 unspecified atom stereocenters. The minimum absolute atomic E-state index is 0.203. The highest BCUT2D eigenvalue weighted by Gasteiger charge is 2.43. The number of rotatable bonds is 3. The van der Waals surface area contributed by atoms with E-state index in [1.807, 2.05) is 20.8 Å². The predicted molar refractivity (Wildman–Crippen MR) is 89.7 cm³/mol. The van der Waals surface area contributed by atoms with E-state index in [0.29, 0.717) is 30.6 Å². The number of hydrogen-bond donors (Lipinski definition) is 1. The molecular formula is C14H27N3O3S2. The molecule has 2 heterocycles. The van der Waals surface area contributed by atoms with Gasteiger partial charge in [-0.25, -0.2) is 0 Å². The fourth-order valence-corrected chi connectivity index (χ4v) is 6.28. The molecule has 0 aromatic carbocycles. The number of carbonyl (C=O) groups excluding carboxylic acids is 1. The monoisotopic (exact) mass is 349 g/mol. The van der Waals surface area contributed by atoms with Crippen molar-refractivity contribution in [3.05, 3.63) is 0 Å². The standard InChI is InChI=1S/C14H27N3O3S2/c1-11-6-5-7-16(8-11)22(19,20)17-10-21-9-12(17)13(18)15-14(2,3)4/h11-12H,5-10H2,1-4H3,(H,15,18)/t11-,12-/m1/s1. The number of carbonyl (C=O) groups is 1. The second-order valence-electron chi connectivity index (χ2n) is 7.26. The van der Waals surface area contributed by atoms with Crippen LogP contribution in [-0.4, -0.2) is 59.2 Å². The number of amides is 1. The molecular weight excluding hydrogens is 322 g/mol. The van der Waals surface area contributed by atoms with E-state index in [4.69, 9.17) is 0 Å². The lowest BCUT2D eigenvalue weighted by atomic mass is 10.0. The van der Waals surface area contributed by atoms with Gasteiger partial charge in [-0.2, -0.15) is 17.0 Å². The first-order valence-corrected chi connectivity index (χ1v) is 10.3. The van der Waals surface area contributed by atoms with E-state index in [1.54, 1.807) is 4.31 Å². The molecule has 1 N–H and O–H groups in total. The van der Waals surface area contributed by atoms with Crippen LogP contribution in [0.25, 0.3) is 0 Å². The van der Waals surface area contributed by atoms with Crippen LogP contribution in [0.2, 0.25) is 0 Å². The van der Waals surface area contributed by atoms with Crippen LogP contribution >= 0.6 is 11.8 Å². The number of thioether (sulfide) groups is 1. The lowest BCUT2D eigenvalue weighted by Gasteiger charge is -2.35. The zero-order valence-corrected chi connectivity index (χ0v) is 15.5. The Morgan fingerprint density at radius 1 is 1.32 bits per heavy atom. The van der Waals surface area contributed by atoms with Gasteiger partial charge in [0.25, 0.3) is 10.2 Å². The first-order valence-electron chi connectivity index (χ1n) is 7.78. The van der Waals surface area contributed by atoms with Gasteiger partial charge in [-0.3, -0.25) is 4.79 Å². The lowest BCUT2D eigenvalue weighted by molar-refractivity contribution is -0.125. The Morgan fingerprint density at radius 3 is 2.59 bits per heavy atom. The Labute approximate surface area is 138 Å². The molecule has 22 heavy (non-hydrogen) atoms. The molecule has 0 aromatic rings. The summed E-state index contributed by atoms with van der Waals surface area (Å²) in [6, 6.07) is -0.605. The summed E-state index contributed by atoms with van der Waals surface area (Å²) in [5.74, 6) is 1.05. The summed E-state index contributed by atoms with van der Waals surface area (Å²) >= 11 is 1.50. The van der Waals surface area contributed by atoms with Gasteiger partial charge in [0.2, 0.25) is 5.91 Å². The molecule has 0 spiro atoms. The molecule has 2 atom stereocenters. The summed E-state index contributed by atoms with van der Waals surface area (Å²) in [7, 11) is -3.56. The molecule has 8 heteroatoms. The highest BCUT2D eigenvalue weighted by Crippen LogP contribution is 2.29. The Hall–Kier alpha value is -0.310. The van der Waals surface area contributed by atoms with Crippen LogP contribution in [-0.2, 0) is 15.0 Å². The molecule has 2 rings (SSSR count). The Morgan fingerprint density at radius 2 is 2.00 bits per heavy atom. The van der Waals surface area contributed by atoms with Crippen molar-refractivity contribution in [1.29, 1.82) is 0 Å². The van der Waals surface area contributed by atoms with E-state index in [2.05, 4.69) is 12.2 Å². The summed E-state index contributed by atoms with van der Waals surface area (Å²) in [6.07, 6.45) is 1.95. The average molecular weight is 350 g/mol. The number of nitrogens with zero attached hydrogens (tertiary/aromatic N) is 2. The maximum absolute atomic E-state index is 12.9. The van der Waals surface area contributed by atoms with Gasteiger partial charge in [0.15, 0.2) is 0 Å². The third-order valence-electron chi connectivity index (χ3n) is 3.89. The summed E-state index contributed by atoms with van der Waals surface area (Å²) in [4.78, 5) is 12.4. The van der Waals surface area contributed by atoms with E-state index in [-0.39, 0.29) is 11.4 Å². The minimum atomic E-state index is -3.56. The fraction of sp³-hybridized carbons (Fsp3) is 0.929. The predicted octanol–water partition coefficient (Wildman–Crippen LogP) is 1.25. The van der Waals surface area contributed by atoms with E-state index in [9.17, 15) is 13.2 Å². The lowest BCUT2D eigenvalue weighted by Crippen LogP contribution is -2.56. The number of hydrogen-bond acceptors (Lipinski definition) is 4. The topological polar surface area (TPSA) is 69.7 Å². The van der Waals surface area contributed by atoms with Crippen molar-refractivity contribution in [3.63, 3.8) is 0 Å². The van der Waals surface area contributed by atoms with Crippen molar-refractivity contribution in [2.24, 2.45) is 5.92 Å². The van der Waals surface area contributed by atoms with Gasteiger partial charge in [0.1, 0.15) is 6.04 Å². The number of nitrogens with one attached hydrogen (secondary N) is 1. The summed E-state index contributed by atoms with van der Waals surface area (Å²) in [6.45, 7) is 8.89. The van der Waals surface area contributed by atoms with Gasteiger partial charge < -0.3 is 5.32 Å². The van der Waals surface area contributed by atoms with Crippen molar-refractivity contribution in [3.8, 4) is 0 Å². The first kappa shape index (κ1) is 18.0. The summed E-state index contributed by atoms with van der Waals surface area (Å²) < 4.78 is 28.7. The van der Waals surface area contributed by atoms with Crippen LogP contribution in [0, 0.1) is 5.92 Å². The van der Waals surface area contributed by atoms with Crippen LogP contribution in [0.15, 0.2) is 0 Å². The van der Waals surface area contributed by atoms with Gasteiger partial charge in [0, 0.05) is 24.4 Å². The smallest absolute Gasteiger partial charge is 0.283 e. The largest absolute Gasteiger partial charge is 0.350 e. The highest BCUT2D eigenvalue weighted by atomic mass is 32.2. The number of piperidine rings is 1. The SMILES string of the molecule is C[C@@H]1CCCN(S(=O)(=O)N2CSC[C@@H]2C(=O)NC(C)(C)C)C1. The van der Waals surface area contributed by atoms with Gasteiger partial charge >= 0.3 is 0 Å².